The molecule has 4 heteroatoms. The van der Waals surface area contributed by atoms with Gasteiger partial charge in [0.2, 0.25) is 0 Å². The van der Waals surface area contributed by atoms with Crippen LogP contribution >= 0.6 is 0 Å². The Morgan fingerprint density at radius 3 is 1.60 bits per heavy atom. The Morgan fingerprint density at radius 2 is 1.60 bits per heavy atom. The maximum absolute atomic E-state index is 9.66. The monoisotopic (exact) mass is 124 g/mol. The molecule has 0 amide bonds. The molecule has 0 aromatic carbocycles. The van der Waals surface area contributed by atoms with Crippen molar-refractivity contribution in [3.63, 3.8) is 0 Å². The van der Waals surface area contributed by atoms with Crippen LogP contribution in [0.1, 0.15) is 0 Å². The van der Waals surface area contributed by atoms with Gasteiger partial charge in [0.15, 0.2) is 0 Å². The average molecular weight is 124 g/mol. The van der Waals surface area contributed by atoms with Gasteiger partial charge in [-0.1, -0.05) is 0 Å². The van der Waals surface area contributed by atoms with Crippen LogP contribution in [0.4, 0.5) is 0 Å². The zero-order chi connectivity index (χ0) is 4.50. The van der Waals surface area contributed by atoms with Gasteiger partial charge in [0.05, 0.1) is 0 Å². The molecule has 0 atom stereocenters. The fourth-order valence-electron chi connectivity index (χ4n) is 0. The molecule has 0 fully saturated rings. The fourth-order valence-corrected chi connectivity index (χ4v) is 0. The molecule has 0 rings (SSSR count). The van der Waals surface area contributed by atoms with Gasteiger partial charge < -0.3 is 0 Å². The molecule has 0 aromatic rings. The summed E-state index contributed by atoms with van der Waals surface area (Å²) in [5.74, 6) is 0. The van der Waals surface area contributed by atoms with Crippen molar-refractivity contribution in [2.24, 2.45) is 0 Å². The first kappa shape index (κ1) is 5.82. The summed E-state index contributed by atoms with van der Waals surface area (Å²) in [6.07, 6.45) is 1.19. The fraction of sp³-hybridized carbons (Fsp3) is 1.00. The van der Waals surface area contributed by atoms with E-state index in [0.717, 1.165) is 22.9 Å². The van der Waals surface area contributed by atoms with Crippen LogP contribution in [-0.2, 0) is 29.6 Å². The maximum atomic E-state index is 9.66. The first-order chi connectivity index (χ1) is 2.00. The van der Waals surface area contributed by atoms with Gasteiger partial charge in [0, 0.05) is 0 Å². The predicted molar refractivity (Wildman–Crippen MR) is 14.8 cm³/mol. The van der Waals surface area contributed by atoms with Crippen LogP contribution in [0.15, 0.2) is 0 Å². The van der Waals surface area contributed by atoms with Crippen LogP contribution in [0.3, 0.4) is 0 Å². The molecule has 0 aromatic heterocycles. The van der Waals surface area contributed by atoms with Crippen LogP contribution in [-0.4, -0.2) is 14.7 Å². The molecule has 0 saturated carbocycles. The van der Waals surface area contributed by atoms with Crippen LogP contribution < -0.4 is 0 Å². The van der Waals surface area contributed by atoms with E-state index in [0.29, 0.717) is 0 Å². The zero-order valence-corrected chi connectivity index (χ0v) is 5.42. The Labute approximate surface area is 44.3 Å². The molecule has 0 bridgehead atoms. The number of rotatable bonds is 0. The Bertz CT molecular complexity index is 92.8. The summed E-state index contributed by atoms with van der Waals surface area (Å²) in [6, 6.07) is 0. The second-order valence-electron chi connectivity index (χ2n) is 0.830. The summed E-state index contributed by atoms with van der Waals surface area (Å²) in [5, 5.41) is 0. The van der Waals surface area contributed by atoms with Crippen LogP contribution in [0.5, 0.6) is 0 Å². The van der Waals surface area contributed by atoms with Crippen LogP contribution in [0, 0.1) is 0 Å². The van der Waals surface area contributed by atoms with Crippen molar-refractivity contribution in [2.75, 3.05) is 6.26 Å². The van der Waals surface area contributed by atoms with Crippen molar-refractivity contribution in [1.29, 1.82) is 0 Å². The molecule has 0 spiro atoms. The number of hydrogen-bond acceptors (Lipinski definition) is 2. The van der Waals surface area contributed by atoms with Gasteiger partial charge in [-0.05, 0) is 0 Å². The molecule has 0 aliphatic rings. The summed E-state index contributed by atoms with van der Waals surface area (Å²) in [6.45, 7) is -2.60. The van der Waals surface area contributed by atoms with Gasteiger partial charge in [-0.3, -0.25) is 0 Å². The first-order valence-electron chi connectivity index (χ1n) is 0.977. The van der Waals surface area contributed by atoms with Gasteiger partial charge in [0.25, 0.3) is 0 Å². The van der Waals surface area contributed by atoms with E-state index in [2.05, 4.69) is 0 Å². The van der Waals surface area contributed by atoms with E-state index in [-0.39, 0.29) is 0 Å². The second-order valence-corrected chi connectivity index (χ2v) is 6.50. The summed E-state index contributed by atoms with van der Waals surface area (Å²) in [4.78, 5) is 0. The normalized spacial score (nSPS) is 11.2. The standard InChI is InChI=1S/CH3O2S.Sc/c1-4(2)3;/h1H3;. The SMILES string of the molecule is C[S](=O)(=O)[Sc]. The van der Waals surface area contributed by atoms with E-state index >= 15 is 0 Å². The Balaban J connectivity index is 4.06. The molecule has 0 N–H and O–H groups in total. The summed E-state index contributed by atoms with van der Waals surface area (Å²) >= 11 is 0.764. The number of hydrogen-bond donors (Lipinski definition) is 0. The summed E-state index contributed by atoms with van der Waals surface area (Å²) in [5.41, 5.74) is 0. The second kappa shape index (κ2) is 1.51. The topological polar surface area (TPSA) is 34.1 Å². The molecule has 28 valence electrons. The molecule has 0 aliphatic heterocycles. The van der Waals surface area contributed by atoms with Gasteiger partial charge >= 0.3 is 44.3 Å². The van der Waals surface area contributed by atoms with Gasteiger partial charge in [0.1, 0.15) is 0 Å². The predicted octanol–water partition coefficient (Wildman–Crippen LogP) is -0.507. The van der Waals surface area contributed by atoms with Crippen molar-refractivity contribution < 1.29 is 31.3 Å². The van der Waals surface area contributed by atoms with E-state index in [4.69, 9.17) is 0 Å². The molecular formula is CH3O2SSc. The summed E-state index contributed by atoms with van der Waals surface area (Å²) < 4.78 is 19.3. The van der Waals surface area contributed by atoms with Crippen molar-refractivity contribution in [2.45, 2.75) is 0 Å². The third kappa shape index (κ3) is 57.0. The Kier molecular flexibility index (Phi) is 1.76. The van der Waals surface area contributed by atoms with E-state index < -0.39 is 6.66 Å². The van der Waals surface area contributed by atoms with Crippen molar-refractivity contribution >= 4 is 6.66 Å². The first-order valence-corrected chi connectivity index (χ1v) is 5.14. The molecular weight excluding hydrogens is 121 g/mol. The van der Waals surface area contributed by atoms with E-state index in [1.165, 1.54) is 6.26 Å². The molecule has 0 heterocycles. The summed E-state index contributed by atoms with van der Waals surface area (Å²) in [7, 11) is 0. The van der Waals surface area contributed by atoms with E-state index in [1.807, 2.05) is 0 Å². The third-order valence-corrected chi connectivity index (χ3v) is 0. The Morgan fingerprint density at radius 1 is 1.60 bits per heavy atom. The average Bonchev–Trinajstić information content (AvgIpc) is 0.722. The van der Waals surface area contributed by atoms with Gasteiger partial charge in [-0.25, -0.2) is 0 Å². The van der Waals surface area contributed by atoms with Crippen LogP contribution in [0.25, 0.3) is 0 Å². The molecule has 0 radical (unpaired) electrons. The molecule has 0 unspecified atom stereocenters. The van der Waals surface area contributed by atoms with Gasteiger partial charge in [-0.15, -0.1) is 0 Å². The molecule has 2 nitrogen and oxygen atoms in total. The van der Waals surface area contributed by atoms with E-state index in [1.54, 1.807) is 0 Å². The van der Waals surface area contributed by atoms with Crippen molar-refractivity contribution in [1.82, 2.24) is 0 Å². The van der Waals surface area contributed by atoms with Crippen molar-refractivity contribution in [3.8, 4) is 0 Å². The quantitative estimate of drug-likeness (QED) is 0.436. The molecule has 0 saturated heterocycles. The Hall–Kier alpha value is 0.820. The minimum absolute atomic E-state index is 0.764. The minimum atomic E-state index is -2.60. The third-order valence-electron chi connectivity index (χ3n) is 0. The van der Waals surface area contributed by atoms with Crippen LogP contribution in [0.2, 0.25) is 0 Å². The molecule has 0 aliphatic carbocycles. The zero-order valence-electron chi connectivity index (χ0n) is 2.80. The molecule has 5 heavy (non-hydrogen) atoms. The van der Waals surface area contributed by atoms with Crippen molar-refractivity contribution in [3.05, 3.63) is 0 Å². The van der Waals surface area contributed by atoms with Gasteiger partial charge in [-0.2, -0.15) is 0 Å². The van der Waals surface area contributed by atoms with E-state index in [9.17, 15) is 8.42 Å².